The summed E-state index contributed by atoms with van der Waals surface area (Å²) in [6, 6.07) is 1.41. The Hall–Kier alpha value is -1.79. The lowest BCUT2D eigenvalue weighted by molar-refractivity contribution is 0.148. The fourth-order valence-electron chi connectivity index (χ4n) is 1.12. The van der Waals surface area contributed by atoms with Crippen LogP contribution >= 0.6 is 0 Å². The number of anilines is 1. The zero-order valence-corrected chi connectivity index (χ0v) is 8.50. The van der Waals surface area contributed by atoms with E-state index in [2.05, 4.69) is 4.98 Å². The van der Waals surface area contributed by atoms with Gasteiger partial charge in [0, 0.05) is 6.20 Å². The van der Waals surface area contributed by atoms with Gasteiger partial charge in [-0.2, -0.15) is 5.26 Å². The molecule has 86 valence electrons. The maximum atomic E-state index is 12.6. The molecule has 0 aliphatic rings. The first kappa shape index (κ1) is 12.3. The largest absolute Gasteiger partial charge is 0.383 e. The van der Waals surface area contributed by atoms with Crippen molar-refractivity contribution in [3.8, 4) is 6.07 Å². The maximum Gasteiger partial charge on any atom is 0.268 e. The van der Waals surface area contributed by atoms with Crippen LogP contribution in [0.15, 0.2) is 11.1 Å². The monoisotopic (exact) mass is 248 g/mol. The summed E-state index contributed by atoms with van der Waals surface area (Å²) in [5, 5.41) is 13.3. The zero-order valence-electron chi connectivity index (χ0n) is 7.68. The van der Waals surface area contributed by atoms with E-state index in [0.29, 0.717) is 0 Å². The van der Waals surface area contributed by atoms with Gasteiger partial charge in [-0.15, -0.1) is 0 Å². The van der Waals surface area contributed by atoms with E-state index in [4.69, 9.17) is 16.1 Å². The van der Waals surface area contributed by atoms with Crippen molar-refractivity contribution in [1.82, 2.24) is 4.98 Å². The quantitative estimate of drug-likeness (QED) is 0.769. The van der Waals surface area contributed by atoms with Crippen LogP contribution in [0.4, 0.5) is 14.6 Å². The van der Waals surface area contributed by atoms with Crippen molar-refractivity contribution in [3.63, 3.8) is 0 Å². The molecule has 0 fully saturated rings. The van der Waals surface area contributed by atoms with Crippen molar-refractivity contribution in [2.75, 3.05) is 5.73 Å². The van der Waals surface area contributed by atoms with E-state index >= 15 is 0 Å². The minimum Gasteiger partial charge on any atom is -0.383 e. The third-order valence-electron chi connectivity index (χ3n) is 1.72. The average molecular weight is 248 g/mol. The van der Waals surface area contributed by atoms with Gasteiger partial charge in [-0.1, -0.05) is 0 Å². The number of aromatic nitrogens is 1. The lowest BCUT2D eigenvalue weighted by Crippen LogP contribution is -2.18. The second kappa shape index (κ2) is 3.99. The summed E-state index contributed by atoms with van der Waals surface area (Å²) in [6.45, 7) is 0. The molecule has 0 bridgehead atoms. The minimum absolute atomic E-state index is 0.563. The van der Waals surface area contributed by atoms with Crippen molar-refractivity contribution >= 4 is 15.8 Å². The molecule has 6 nitrogen and oxygen atoms in total. The minimum atomic E-state index is -4.47. The molecule has 1 aromatic heterocycles. The average Bonchev–Trinajstić information content (AvgIpc) is 2.15. The predicted molar refractivity (Wildman–Crippen MR) is 49.7 cm³/mol. The molecule has 0 amide bonds. The summed E-state index contributed by atoms with van der Waals surface area (Å²) in [5.41, 5.74) is 3.52. The number of alkyl halides is 2. The van der Waals surface area contributed by atoms with Gasteiger partial charge in [0.05, 0.1) is 11.1 Å². The van der Waals surface area contributed by atoms with Crippen LogP contribution < -0.4 is 10.9 Å². The van der Waals surface area contributed by atoms with Crippen molar-refractivity contribution in [3.05, 3.63) is 17.3 Å². The number of hydrogen-bond acceptors (Lipinski definition) is 5. The highest BCUT2D eigenvalue weighted by Crippen LogP contribution is 2.31. The Bertz CT molecular complexity index is 564. The molecule has 0 aromatic carbocycles. The first-order valence-corrected chi connectivity index (χ1v) is 5.33. The van der Waals surface area contributed by atoms with E-state index in [1.807, 2.05) is 0 Å². The van der Waals surface area contributed by atoms with Crippen LogP contribution in [0.1, 0.15) is 17.6 Å². The Balaban J connectivity index is 3.79. The standard InChI is InChI=1S/C7H6F2N4O2S/c8-6(9)4-5(16(12,14)15)3(1-10)2-13-7(4)11/h2,6H,(H2,11,13)(H2,12,14,15). The number of rotatable bonds is 2. The van der Waals surface area contributed by atoms with Gasteiger partial charge in [-0.3, -0.25) is 0 Å². The third-order valence-corrected chi connectivity index (χ3v) is 2.73. The fraction of sp³-hybridized carbons (Fsp3) is 0.143. The van der Waals surface area contributed by atoms with E-state index in [0.717, 1.165) is 6.20 Å². The van der Waals surface area contributed by atoms with Crippen molar-refractivity contribution < 1.29 is 17.2 Å². The lowest BCUT2D eigenvalue weighted by Gasteiger charge is -2.10. The van der Waals surface area contributed by atoms with Crippen LogP contribution in [-0.2, 0) is 10.0 Å². The summed E-state index contributed by atoms with van der Waals surface area (Å²) in [6.07, 6.45) is -2.41. The Morgan fingerprint density at radius 3 is 2.44 bits per heavy atom. The number of pyridine rings is 1. The molecule has 0 spiro atoms. The molecule has 0 unspecified atom stereocenters. The summed E-state index contributed by atoms with van der Waals surface area (Å²) in [4.78, 5) is 2.33. The first-order valence-electron chi connectivity index (χ1n) is 3.78. The normalized spacial score (nSPS) is 11.4. The molecule has 9 heteroatoms. The van der Waals surface area contributed by atoms with Gasteiger partial charge in [-0.05, 0) is 0 Å². The maximum absolute atomic E-state index is 12.6. The number of nitrogens with two attached hydrogens (primary N) is 2. The zero-order chi connectivity index (χ0) is 12.5. The van der Waals surface area contributed by atoms with Crippen molar-refractivity contribution in [2.24, 2.45) is 5.14 Å². The van der Waals surface area contributed by atoms with Crippen LogP contribution in [0, 0.1) is 11.3 Å². The number of hydrogen-bond donors (Lipinski definition) is 2. The molecule has 16 heavy (non-hydrogen) atoms. The lowest BCUT2D eigenvalue weighted by atomic mass is 10.2. The van der Waals surface area contributed by atoms with Gasteiger partial charge < -0.3 is 5.73 Å². The molecule has 0 saturated carbocycles. The van der Waals surface area contributed by atoms with Crippen LogP contribution in [0.2, 0.25) is 0 Å². The highest BCUT2D eigenvalue weighted by atomic mass is 32.2. The predicted octanol–water partition coefficient (Wildman–Crippen LogP) is 0.120. The fourth-order valence-corrected chi connectivity index (χ4v) is 2.03. The molecule has 4 N–H and O–H groups in total. The molecule has 0 atom stereocenters. The van der Waals surface area contributed by atoms with Crippen molar-refractivity contribution in [1.29, 1.82) is 5.26 Å². The molecule has 0 aliphatic carbocycles. The highest BCUT2D eigenvalue weighted by molar-refractivity contribution is 7.89. The van der Waals surface area contributed by atoms with Gasteiger partial charge >= 0.3 is 0 Å². The SMILES string of the molecule is N#Cc1cnc(N)c(C(F)F)c1S(N)(=O)=O. The number of nitriles is 1. The molecule has 1 heterocycles. The number of halogens is 2. The molecule has 0 radical (unpaired) electrons. The van der Waals surface area contributed by atoms with Crippen LogP contribution in [-0.4, -0.2) is 13.4 Å². The summed E-state index contributed by atoms with van der Waals surface area (Å²) < 4.78 is 47.4. The van der Waals surface area contributed by atoms with Gasteiger partial charge in [0.1, 0.15) is 16.8 Å². The van der Waals surface area contributed by atoms with Gasteiger partial charge in [-0.25, -0.2) is 27.3 Å². The number of nitrogens with zero attached hydrogens (tertiary/aromatic N) is 2. The molecule has 1 rings (SSSR count). The van der Waals surface area contributed by atoms with Crippen LogP contribution in [0.3, 0.4) is 0 Å². The summed E-state index contributed by atoms with van der Waals surface area (Å²) in [5.74, 6) is -0.668. The molecule has 1 aromatic rings. The smallest absolute Gasteiger partial charge is 0.268 e. The van der Waals surface area contributed by atoms with Crippen molar-refractivity contribution in [2.45, 2.75) is 11.3 Å². The topological polar surface area (TPSA) is 123 Å². The van der Waals surface area contributed by atoms with Crippen LogP contribution in [0.5, 0.6) is 0 Å². The second-order valence-corrected chi connectivity index (χ2v) is 4.26. The van der Waals surface area contributed by atoms with E-state index in [-0.39, 0.29) is 0 Å². The Morgan fingerprint density at radius 2 is 2.06 bits per heavy atom. The van der Waals surface area contributed by atoms with E-state index < -0.39 is 38.3 Å². The van der Waals surface area contributed by atoms with Gasteiger partial charge in [0.2, 0.25) is 10.0 Å². The number of sulfonamides is 1. The van der Waals surface area contributed by atoms with Crippen LogP contribution in [0.25, 0.3) is 0 Å². The number of primary sulfonamides is 1. The van der Waals surface area contributed by atoms with E-state index in [1.54, 1.807) is 0 Å². The Morgan fingerprint density at radius 1 is 1.50 bits per heavy atom. The summed E-state index contributed by atoms with van der Waals surface area (Å²) in [7, 11) is -4.47. The van der Waals surface area contributed by atoms with Gasteiger partial charge in [0.25, 0.3) is 6.43 Å². The van der Waals surface area contributed by atoms with Gasteiger partial charge in [0.15, 0.2) is 0 Å². The molecule has 0 aliphatic heterocycles. The van der Waals surface area contributed by atoms with E-state index in [9.17, 15) is 17.2 Å². The third kappa shape index (κ3) is 2.07. The second-order valence-electron chi connectivity index (χ2n) is 2.76. The van der Waals surface area contributed by atoms with E-state index in [1.165, 1.54) is 6.07 Å². The Kier molecular flexibility index (Phi) is 3.06. The Labute approximate surface area is 89.5 Å². The highest BCUT2D eigenvalue weighted by Gasteiger charge is 2.27. The number of nitrogen functional groups attached to an aromatic ring is 1. The molecular weight excluding hydrogens is 242 g/mol. The summed E-state index contributed by atoms with van der Waals surface area (Å²) >= 11 is 0. The molecule has 0 saturated heterocycles. The first-order chi connectivity index (χ1) is 7.29. The molecular formula is C7H6F2N4O2S.